The number of benzene rings is 1. The number of esters is 1. The van der Waals surface area contributed by atoms with Gasteiger partial charge in [0.25, 0.3) is 0 Å². The third-order valence-electron chi connectivity index (χ3n) is 2.25. The molecule has 1 N–H and O–H groups in total. The summed E-state index contributed by atoms with van der Waals surface area (Å²) in [5, 5.41) is 2.99. The molecule has 0 unspecified atom stereocenters. The van der Waals surface area contributed by atoms with Crippen LogP contribution in [0.3, 0.4) is 0 Å². The Morgan fingerprint density at radius 1 is 1.53 bits per heavy atom. The van der Waals surface area contributed by atoms with Crippen molar-refractivity contribution in [3.8, 4) is 12.3 Å². The van der Waals surface area contributed by atoms with Crippen molar-refractivity contribution < 1.29 is 9.53 Å². The molecule has 0 spiro atoms. The Labute approximate surface area is 89.4 Å². The molecule has 0 atom stereocenters. The number of rotatable bonds is 2. The predicted molar refractivity (Wildman–Crippen MR) is 60.0 cm³/mol. The van der Waals surface area contributed by atoms with Crippen molar-refractivity contribution in [2.75, 3.05) is 19.5 Å². The number of nitrogens with one attached hydrogen (secondary N) is 1. The average molecular weight is 203 g/mol. The molecule has 0 fully saturated rings. The van der Waals surface area contributed by atoms with Crippen LogP contribution in [0, 0.1) is 19.3 Å². The first kappa shape index (κ1) is 11.1. The summed E-state index contributed by atoms with van der Waals surface area (Å²) in [4.78, 5) is 11.3. The monoisotopic (exact) mass is 203 g/mol. The topological polar surface area (TPSA) is 38.3 Å². The number of terminal acetylenes is 1. The summed E-state index contributed by atoms with van der Waals surface area (Å²) in [5.41, 5.74) is 2.95. The summed E-state index contributed by atoms with van der Waals surface area (Å²) in [7, 11) is 3.13. The lowest BCUT2D eigenvalue weighted by atomic mass is 10.0. The Morgan fingerprint density at radius 3 is 2.67 bits per heavy atom. The van der Waals surface area contributed by atoms with Crippen LogP contribution in [0.4, 0.5) is 5.69 Å². The molecule has 0 radical (unpaired) electrons. The third-order valence-corrected chi connectivity index (χ3v) is 2.25. The van der Waals surface area contributed by atoms with Crippen LogP contribution in [0.5, 0.6) is 0 Å². The van der Waals surface area contributed by atoms with Crippen molar-refractivity contribution in [3.63, 3.8) is 0 Å². The zero-order valence-electron chi connectivity index (χ0n) is 9.05. The smallest absolute Gasteiger partial charge is 0.337 e. The number of carbonyl (C=O) groups is 1. The van der Waals surface area contributed by atoms with Crippen LogP contribution < -0.4 is 5.32 Å². The van der Waals surface area contributed by atoms with E-state index in [4.69, 9.17) is 6.42 Å². The zero-order valence-corrected chi connectivity index (χ0v) is 9.05. The number of ether oxygens (including phenoxy) is 1. The molecule has 0 saturated carbocycles. The Balaban J connectivity index is 3.34. The summed E-state index contributed by atoms with van der Waals surface area (Å²) < 4.78 is 4.64. The fraction of sp³-hybridized carbons (Fsp3) is 0.250. The highest BCUT2D eigenvalue weighted by Crippen LogP contribution is 2.21. The van der Waals surface area contributed by atoms with Gasteiger partial charge in [0.1, 0.15) is 0 Å². The van der Waals surface area contributed by atoms with E-state index in [1.54, 1.807) is 19.2 Å². The van der Waals surface area contributed by atoms with Crippen molar-refractivity contribution in [2.45, 2.75) is 6.92 Å². The Bertz CT molecular complexity index is 430. The van der Waals surface area contributed by atoms with Crippen molar-refractivity contribution in [1.29, 1.82) is 0 Å². The molecule has 0 amide bonds. The maximum absolute atomic E-state index is 11.3. The minimum absolute atomic E-state index is 0.386. The van der Waals surface area contributed by atoms with Crippen molar-refractivity contribution in [2.24, 2.45) is 0 Å². The number of carbonyl (C=O) groups excluding carboxylic acids is 1. The van der Waals surface area contributed by atoms with Crippen molar-refractivity contribution in [1.82, 2.24) is 0 Å². The Hall–Kier alpha value is -1.95. The van der Waals surface area contributed by atoms with Gasteiger partial charge in [0.15, 0.2) is 0 Å². The molecule has 0 aliphatic heterocycles. The van der Waals surface area contributed by atoms with Crippen LogP contribution >= 0.6 is 0 Å². The van der Waals surface area contributed by atoms with Gasteiger partial charge in [0, 0.05) is 18.3 Å². The van der Waals surface area contributed by atoms with Crippen LogP contribution in [0.1, 0.15) is 21.5 Å². The Morgan fingerprint density at radius 2 is 2.20 bits per heavy atom. The first-order valence-corrected chi connectivity index (χ1v) is 4.51. The molecule has 78 valence electrons. The molecule has 1 aromatic carbocycles. The number of hydrogen-bond acceptors (Lipinski definition) is 3. The van der Waals surface area contributed by atoms with E-state index in [0.29, 0.717) is 11.1 Å². The molecule has 1 aromatic rings. The average Bonchev–Trinajstić information content (AvgIpc) is 2.28. The van der Waals surface area contributed by atoms with Gasteiger partial charge >= 0.3 is 5.97 Å². The molecular weight excluding hydrogens is 190 g/mol. The van der Waals surface area contributed by atoms with Gasteiger partial charge in [-0.25, -0.2) is 4.79 Å². The summed E-state index contributed by atoms with van der Waals surface area (Å²) in [6.07, 6.45) is 5.35. The van der Waals surface area contributed by atoms with Gasteiger partial charge in [0.2, 0.25) is 0 Å². The summed E-state index contributed by atoms with van der Waals surface area (Å²) >= 11 is 0. The van der Waals surface area contributed by atoms with E-state index in [9.17, 15) is 4.79 Å². The summed E-state index contributed by atoms with van der Waals surface area (Å²) in [6, 6.07) is 3.38. The second-order valence-corrected chi connectivity index (χ2v) is 3.08. The highest BCUT2D eigenvalue weighted by molar-refractivity contribution is 5.91. The molecule has 3 nitrogen and oxygen atoms in total. The lowest BCUT2D eigenvalue weighted by molar-refractivity contribution is 0.0601. The molecule has 0 bridgehead atoms. The highest BCUT2D eigenvalue weighted by atomic mass is 16.5. The SMILES string of the molecule is C#Cc1cc(C(=O)OC)cc(NC)c1C. The Kier molecular flexibility index (Phi) is 3.35. The van der Waals surface area contributed by atoms with Crippen molar-refractivity contribution in [3.05, 3.63) is 28.8 Å². The first-order chi connectivity index (χ1) is 7.13. The molecule has 15 heavy (non-hydrogen) atoms. The fourth-order valence-corrected chi connectivity index (χ4v) is 1.36. The van der Waals surface area contributed by atoms with Crippen LogP contribution in [-0.4, -0.2) is 20.1 Å². The standard InChI is InChI=1S/C12H13NO2/c1-5-9-6-10(12(14)15-4)7-11(13-3)8(9)2/h1,6-7,13H,2-4H3. The molecule has 0 heterocycles. The highest BCUT2D eigenvalue weighted by Gasteiger charge is 2.10. The van der Waals surface area contributed by atoms with Gasteiger partial charge in [-0.3, -0.25) is 0 Å². The maximum atomic E-state index is 11.3. The van der Waals surface area contributed by atoms with Crippen LogP contribution in [0.25, 0.3) is 0 Å². The molecular formula is C12H13NO2. The lowest BCUT2D eigenvalue weighted by Gasteiger charge is -2.09. The molecule has 3 heteroatoms. The van der Waals surface area contributed by atoms with Gasteiger partial charge in [-0.05, 0) is 24.6 Å². The van der Waals surface area contributed by atoms with Crippen LogP contribution in [-0.2, 0) is 4.74 Å². The quantitative estimate of drug-likeness (QED) is 0.588. The van der Waals surface area contributed by atoms with Gasteiger partial charge < -0.3 is 10.1 Å². The fourth-order valence-electron chi connectivity index (χ4n) is 1.36. The van der Waals surface area contributed by atoms with E-state index in [1.807, 2.05) is 6.92 Å². The van der Waals surface area contributed by atoms with E-state index >= 15 is 0 Å². The van der Waals surface area contributed by atoms with Crippen LogP contribution in [0.2, 0.25) is 0 Å². The van der Waals surface area contributed by atoms with Gasteiger partial charge in [-0.15, -0.1) is 6.42 Å². The van der Waals surface area contributed by atoms with Gasteiger partial charge in [-0.1, -0.05) is 5.92 Å². The lowest BCUT2D eigenvalue weighted by Crippen LogP contribution is -2.04. The largest absolute Gasteiger partial charge is 0.465 e. The molecule has 1 rings (SSSR count). The maximum Gasteiger partial charge on any atom is 0.337 e. The summed E-state index contributed by atoms with van der Waals surface area (Å²) in [6.45, 7) is 1.90. The first-order valence-electron chi connectivity index (χ1n) is 4.51. The van der Waals surface area contributed by atoms with E-state index in [-0.39, 0.29) is 5.97 Å². The number of hydrogen-bond donors (Lipinski definition) is 1. The second kappa shape index (κ2) is 4.52. The number of anilines is 1. The van der Waals surface area contributed by atoms with E-state index in [1.165, 1.54) is 7.11 Å². The van der Waals surface area contributed by atoms with E-state index in [0.717, 1.165) is 11.3 Å². The minimum Gasteiger partial charge on any atom is -0.465 e. The normalized spacial score (nSPS) is 9.20. The molecule has 0 aliphatic rings. The third kappa shape index (κ3) is 2.10. The number of methoxy groups -OCH3 is 1. The minimum atomic E-state index is -0.386. The van der Waals surface area contributed by atoms with Crippen molar-refractivity contribution >= 4 is 11.7 Å². The van der Waals surface area contributed by atoms with Gasteiger partial charge in [0.05, 0.1) is 12.7 Å². The molecule has 0 aromatic heterocycles. The zero-order chi connectivity index (χ0) is 11.4. The second-order valence-electron chi connectivity index (χ2n) is 3.08. The van der Waals surface area contributed by atoms with Crippen LogP contribution in [0.15, 0.2) is 12.1 Å². The van der Waals surface area contributed by atoms with E-state index in [2.05, 4.69) is 16.0 Å². The predicted octanol–water partition coefficient (Wildman–Crippen LogP) is 1.80. The van der Waals surface area contributed by atoms with Gasteiger partial charge in [-0.2, -0.15) is 0 Å². The molecule has 0 aliphatic carbocycles. The summed E-state index contributed by atoms with van der Waals surface area (Å²) in [5.74, 6) is 2.16. The molecule has 0 saturated heterocycles. The van der Waals surface area contributed by atoms with E-state index < -0.39 is 0 Å².